The molecule has 0 radical (unpaired) electrons. The molecular weight excluding hydrogens is 280 g/mol. The summed E-state index contributed by atoms with van der Waals surface area (Å²) >= 11 is 5.67. The van der Waals surface area contributed by atoms with Crippen LogP contribution in [-0.2, 0) is 4.74 Å². The molecule has 0 aromatic carbocycles. The topological polar surface area (TPSA) is 58.6 Å². The summed E-state index contributed by atoms with van der Waals surface area (Å²) in [6.45, 7) is 2.61. The fraction of sp³-hybridized carbons (Fsp3) is 0.615. The van der Waals surface area contributed by atoms with Crippen LogP contribution in [0, 0.1) is 0 Å². The standard InChI is InChI=1S/C13H21ClN4O2/c1-17(2)5-4-6-18(7-8-20-3)13(19)11-9-16-12(14)10-15-11/h9-10H,4-8H2,1-3H3. The van der Waals surface area contributed by atoms with Gasteiger partial charge in [-0.2, -0.15) is 0 Å². The third-order valence-electron chi connectivity index (χ3n) is 2.73. The van der Waals surface area contributed by atoms with Gasteiger partial charge in [0.25, 0.3) is 5.91 Å². The van der Waals surface area contributed by atoms with E-state index in [2.05, 4.69) is 14.9 Å². The van der Waals surface area contributed by atoms with Crippen LogP contribution in [0.5, 0.6) is 0 Å². The lowest BCUT2D eigenvalue weighted by Gasteiger charge is -2.22. The molecule has 112 valence electrons. The molecule has 0 saturated carbocycles. The van der Waals surface area contributed by atoms with Crippen molar-refractivity contribution in [2.75, 3.05) is 47.4 Å². The molecule has 1 aromatic rings. The van der Waals surface area contributed by atoms with Crippen LogP contribution in [0.15, 0.2) is 12.4 Å². The molecule has 1 aromatic heterocycles. The summed E-state index contributed by atoms with van der Waals surface area (Å²) in [5.74, 6) is -0.148. The number of aromatic nitrogens is 2. The predicted molar refractivity (Wildman–Crippen MR) is 78.0 cm³/mol. The lowest BCUT2D eigenvalue weighted by molar-refractivity contribution is 0.0683. The molecule has 1 amide bonds. The Morgan fingerprint density at radius 1 is 1.25 bits per heavy atom. The van der Waals surface area contributed by atoms with Gasteiger partial charge in [-0.1, -0.05) is 11.6 Å². The number of nitrogens with zero attached hydrogens (tertiary/aromatic N) is 4. The number of halogens is 1. The van der Waals surface area contributed by atoms with Gasteiger partial charge in [0.2, 0.25) is 0 Å². The van der Waals surface area contributed by atoms with Gasteiger partial charge >= 0.3 is 0 Å². The van der Waals surface area contributed by atoms with E-state index in [0.29, 0.717) is 25.4 Å². The first-order valence-electron chi connectivity index (χ1n) is 6.45. The molecule has 0 saturated heterocycles. The third kappa shape index (κ3) is 5.81. The van der Waals surface area contributed by atoms with Gasteiger partial charge in [0, 0.05) is 20.2 Å². The summed E-state index contributed by atoms with van der Waals surface area (Å²) in [6.07, 6.45) is 3.67. The maximum absolute atomic E-state index is 12.3. The highest BCUT2D eigenvalue weighted by molar-refractivity contribution is 6.29. The number of methoxy groups -OCH3 is 1. The number of hydrogen-bond donors (Lipinski definition) is 0. The monoisotopic (exact) mass is 300 g/mol. The first-order chi connectivity index (χ1) is 9.54. The van der Waals surface area contributed by atoms with E-state index in [9.17, 15) is 4.79 Å². The van der Waals surface area contributed by atoms with Crippen molar-refractivity contribution in [3.63, 3.8) is 0 Å². The van der Waals surface area contributed by atoms with Crippen LogP contribution in [0.2, 0.25) is 5.15 Å². The normalized spacial score (nSPS) is 10.8. The van der Waals surface area contributed by atoms with Crippen LogP contribution in [0.1, 0.15) is 16.9 Å². The van der Waals surface area contributed by atoms with Gasteiger partial charge in [-0.15, -0.1) is 0 Å². The van der Waals surface area contributed by atoms with Crippen molar-refractivity contribution in [2.45, 2.75) is 6.42 Å². The van der Waals surface area contributed by atoms with Crippen LogP contribution in [-0.4, -0.2) is 73.1 Å². The van der Waals surface area contributed by atoms with Gasteiger partial charge < -0.3 is 14.5 Å². The molecule has 6 nitrogen and oxygen atoms in total. The molecule has 7 heteroatoms. The van der Waals surface area contributed by atoms with Crippen molar-refractivity contribution in [3.8, 4) is 0 Å². The molecule has 0 atom stereocenters. The van der Waals surface area contributed by atoms with Crippen molar-refractivity contribution in [1.29, 1.82) is 0 Å². The van der Waals surface area contributed by atoms with Crippen molar-refractivity contribution >= 4 is 17.5 Å². The van der Waals surface area contributed by atoms with Gasteiger partial charge in [-0.3, -0.25) is 4.79 Å². The zero-order valence-corrected chi connectivity index (χ0v) is 12.9. The minimum atomic E-state index is -0.148. The predicted octanol–water partition coefficient (Wildman–Crippen LogP) is 1.17. The van der Waals surface area contributed by atoms with E-state index in [1.54, 1.807) is 12.0 Å². The summed E-state index contributed by atoms with van der Waals surface area (Å²) in [5.41, 5.74) is 0.301. The highest BCUT2D eigenvalue weighted by Crippen LogP contribution is 2.05. The average molecular weight is 301 g/mol. The summed E-state index contributed by atoms with van der Waals surface area (Å²) in [7, 11) is 5.63. The summed E-state index contributed by atoms with van der Waals surface area (Å²) in [4.78, 5) is 24.1. The Morgan fingerprint density at radius 3 is 2.55 bits per heavy atom. The first kappa shape index (κ1) is 16.8. The van der Waals surface area contributed by atoms with Gasteiger partial charge in [0.05, 0.1) is 19.0 Å². The number of amides is 1. The molecule has 20 heavy (non-hydrogen) atoms. The van der Waals surface area contributed by atoms with E-state index in [1.165, 1.54) is 12.4 Å². The van der Waals surface area contributed by atoms with E-state index in [4.69, 9.17) is 16.3 Å². The molecule has 0 N–H and O–H groups in total. The molecule has 0 aliphatic rings. The molecule has 1 heterocycles. The summed E-state index contributed by atoms with van der Waals surface area (Å²) < 4.78 is 5.04. The zero-order valence-electron chi connectivity index (χ0n) is 12.2. The molecular formula is C13H21ClN4O2. The fourth-order valence-corrected chi connectivity index (χ4v) is 1.78. The Bertz CT molecular complexity index is 411. The van der Waals surface area contributed by atoms with E-state index < -0.39 is 0 Å². The van der Waals surface area contributed by atoms with Crippen molar-refractivity contribution < 1.29 is 9.53 Å². The Morgan fingerprint density at radius 2 is 2.00 bits per heavy atom. The van der Waals surface area contributed by atoms with Gasteiger partial charge in [-0.25, -0.2) is 9.97 Å². The number of carbonyl (C=O) groups excluding carboxylic acids is 1. The van der Waals surface area contributed by atoms with Crippen LogP contribution >= 0.6 is 11.6 Å². The highest BCUT2D eigenvalue weighted by atomic mass is 35.5. The van der Waals surface area contributed by atoms with Crippen molar-refractivity contribution in [3.05, 3.63) is 23.2 Å². The largest absolute Gasteiger partial charge is 0.383 e. The van der Waals surface area contributed by atoms with Crippen LogP contribution in [0.3, 0.4) is 0 Å². The Balaban J connectivity index is 2.65. The number of rotatable bonds is 8. The second-order valence-corrected chi connectivity index (χ2v) is 5.05. The summed E-state index contributed by atoms with van der Waals surface area (Å²) in [6, 6.07) is 0. The molecule has 0 unspecified atom stereocenters. The van der Waals surface area contributed by atoms with Gasteiger partial charge in [0.15, 0.2) is 0 Å². The smallest absolute Gasteiger partial charge is 0.274 e. The van der Waals surface area contributed by atoms with Gasteiger partial charge in [-0.05, 0) is 27.1 Å². The molecule has 0 aliphatic heterocycles. The summed E-state index contributed by atoms with van der Waals surface area (Å²) in [5, 5.41) is 0.276. The van der Waals surface area contributed by atoms with Crippen molar-refractivity contribution in [2.24, 2.45) is 0 Å². The third-order valence-corrected chi connectivity index (χ3v) is 2.92. The van der Waals surface area contributed by atoms with Crippen LogP contribution < -0.4 is 0 Å². The second kappa shape index (κ2) is 8.84. The van der Waals surface area contributed by atoms with Crippen LogP contribution in [0.25, 0.3) is 0 Å². The number of ether oxygens (including phenoxy) is 1. The van der Waals surface area contributed by atoms with E-state index in [-0.39, 0.29) is 11.1 Å². The Labute approximate surface area is 124 Å². The average Bonchev–Trinajstić information content (AvgIpc) is 2.42. The van der Waals surface area contributed by atoms with E-state index in [0.717, 1.165) is 13.0 Å². The minimum absolute atomic E-state index is 0.148. The zero-order chi connectivity index (χ0) is 15.0. The SMILES string of the molecule is COCCN(CCCN(C)C)C(=O)c1cnc(Cl)cn1. The Hall–Kier alpha value is -1.24. The molecule has 0 spiro atoms. The fourth-order valence-electron chi connectivity index (χ4n) is 1.68. The van der Waals surface area contributed by atoms with Gasteiger partial charge in [0.1, 0.15) is 10.8 Å². The number of carbonyl (C=O) groups is 1. The molecule has 1 rings (SSSR count). The van der Waals surface area contributed by atoms with Crippen molar-refractivity contribution in [1.82, 2.24) is 19.8 Å². The minimum Gasteiger partial charge on any atom is -0.383 e. The highest BCUT2D eigenvalue weighted by Gasteiger charge is 2.17. The second-order valence-electron chi connectivity index (χ2n) is 4.67. The first-order valence-corrected chi connectivity index (χ1v) is 6.83. The lowest BCUT2D eigenvalue weighted by atomic mass is 10.3. The lowest BCUT2D eigenvalue weighted by Crippen LogP contribution is -2.36. The molecule has 0 fully saturated rings. The maximum atomic E-state index is 12.3. The molecule has 0 aliphatic carbocycles. The number of hydrogen-bond acceptors (Lipinski definition) is 5. The quantitative estimate of drug-likeness (QED) is 0.721. The van der Waals surface area contributed by atoms with Crippen LogP contribution in [0.4, 0.5) is 0 Å². The Kier molecular flexibility index (Phi) is 7.43. The van der Waals surface area contributed by atoms with E-state index in [1.807, 2.05) is 14.1 Å². The maximum Gasteiger partial charge on any atom is 0.274 e. The molecule has 0 bridgehead atoms. The van der Waals surface area contributed by atoms with E-state index >= 15 is 0 Å².